The number of carbonyl (C=O) groups is 2. The molecule has 2 aromatic carbocycles. The second-order valence-electron chi connectivity index (χ2n) is 5.52. The zero-order valence-electron chi connectivity index (χ0n) is 13.4. The third-order valence-electron chi connectivity index (χ3n) is 3.74. The number of carbonyl (C=O) groups excluding carboxylic acids is 2. The number of amides is 2. The van der Waals surface area contributed by atoms with Gasteiger partial charge in [0.2, 0.25) is 5.91 Å². The van der Waals surface area contributed by atoms with E-state index >= 15 is 0 Å². The summed E-state index contributed by atoms with van der Waals surface area (Å²) in [6.07, 6.45) is -0.468. The molecule has 1 fully saturated rings. The second kappa shape index (κ2) is 8.40. The van der Waals surface area contributed by atoms with Crippen molar-refractivity contribution in [1.82, 2.24) is 4.90 Å². The van der Waals surface area contributed by atoms with E-state index in [2.05, 4.69) is 21.2 Å². The molecule has 1 atom stereocenters. The largest absolute Gasteiger partial charge is 0.445 e. The first-order chi connectivity index (χ1) is 12.1. The van der Waals surface area contributed by atoms with E-state index in [4.69, 9.17) is 4.74 Å². The molecule has 1 heterocycles. The molecule has 0 aromatic heterocycles. The van der Waals surface area contributed by atoms with Gasteiger partial charge in [-0.3, -0.25) is 9.69 Å². The maximum absolute atomic E-state index is 12.5. The maximum Gasteiger partial charge on any atom is 0.411 e. The number of nitrogens with one attached hydrogen (secondary N) is 1. The van der Waals surface area contributed by atoms with Crippen molar-refractivity contribution in [2.75, 3.05) is 16.9 Å². The summed E-state index contributed by atoms with van der Waals surface area (Å²) in [5.74, 6) is 0.804. The van der Waals surface area contributed by atoms with Crippen LogP contribution in [-0.4, -0.2) is 34.6 Å². The zero-order valence-corrected chi connectivity index (χ0v) is 15.8. The van der Waals surface area contributed by atoms with E-state index in [1.165, 1.54) is 16.7 Å². The van der Waals surface area contributed by atoms with Crippen LogP contribution in [0.3, 0.4) is 0 Å². The number of nitrogens with zero attached hydrogens (tertiary/aromatic N) is 1. The highest BCUT2D eigenvalue weighted by molar-refractivity contribution is 9.10. The molecule has 1 N–H and O–H groups in total. The molecular weight excluding hydrogens is 404 g/mol. The molecule has 2 aromatic rings. The van der Waals surface area contributed by atoms with Gasteiger partial charge in [0.15, 0.2) is 0 Å². The Balaban J connectivity index is 1.58. The van der Waals surface area contributed by atoms with Gasteiger partial charge in [-0.2, -0.15) is 0 Å². The first-order valence-electron chi connectivity index (χ1n) is 7.75. The van der Waals surface area contributed by atoms with Crippen LogP contribution in [-0.2, 0) is 16.1 Å². The Morgan fingerprint density at radius 3 is 2.60 bits per heavy atom. The molecule has 0 aliphatic carbocycles. The van der Waals surface area contributed by atoms with E-state index in [1.54, 1.807) is 0 Å². The lowest BCUT2D eigenvalue weighted by atomic mass is 10.2. The number of benzene rings is 2. The average Bonchev–Trinajstić information content (AvgIpc) is 3.12. The Bertz CT molecular complexity index is 740. The molecule has 0 radical (unpaired) electrons. The number of ether oxygens (including phenoxy) is 1. The fourth-order valence-electron chi connectivity index (χ4n) is 2.40. The summed E-state index contributed by atoms with van der Waals surface area (Å²) in [6, 6.07) is 16.3. The van der Waals surface area contributed by atoms with E-state index in [0.717, 1.165) is 10.0 Å². The number of hydrogen-bond donors (Lipinski definition) is 1. The van der Waals surface area contributed by atoms with Crippen LogP contribution >= 0.6 is 27.7 Å². The number of thioether (sulfide) groups is 1. The van der Waals surface area contributed by atoms with E-state index in [1.807, 2.05) is 54.6 Å². The van der Waals surface area contributed by atoms with Crippen LogP contribution in [0, 0.1) is 0 Å². The smallest absolute Gasteiger partial charge is 0.411 e. The van der Waals surface area contributed by atoms with Crippen LogP contribution in [0.15, 0.2) is 59.1 Å². The predicted molar refractivity (Wildman–Crippen MR) is 102 cm³/mol. The molecule has 1 aliphatic heterocycles. The van der Waals surface area contributed by atoms with Crippen LogP contribution in [0.2, 0.25) is 0 Å². The highest BCUT2D eigenvalue weighted by Crippen LogP contribution is 2.24. The highest BCUT2D eigenvalue weighted by Gasteiger charge is 2.35. The molecule has 0 spiro atoms. The number of rotatable bonds is 4. The Kier molecular flexibility index (Phi) is 5.99. The second-order valence-corrected chi connectivity index (χ2v) is 7.44. The van der Waals surface area contributed by atoms with Crippen molar-refractivity contribution in [1.29, 1.82) is 0 Å². The minimum Gasteiger partial charge on any atom is -0.445 e. The number of halogens is 1. The Morgan fingerprint density at radius 1 is 1.16 bits per heavy atom. The monoisotopic (exact) mass is 420 g/mol. The van der Waals surface area contributed by atoms with Gasteiger partial charge in [-0.1, -0.05) is 46.3 Å². The summed E-state index contributed by atoms with van der Waals surface area (Å²) < 4.78 is 6.28. The van der Waals surface area contributed by atoms with Gasteiger partial charge in [-0.25, -0.2) is 4.79 Å². The molecule has 25 heavy (non-hydrogen) atoms. The van der Waals surface area contributed by atoms with E-state index in [9.17, 15) is 9.59 Å². The highest BCUT2D eigenvalue weighted by atomic mass is 79.9. The van der Waals surface area contributed by atoms with Crippen molar-refractivity contribution in [2.24, 2.45) is 0 Å². The van der Waals surface area contributed by atoms with Crippen molar-refractivity contribution < 1.29 is 14.3 Å². The molecule has 2 amide bonds. The molecule has 1 aliphatic rings. The topological polar surface area (TPSA) is 58.6 Å². The summed E-state index contributed by atoms with van der Waals surface area (Å²) in [5, 5.41) is 2.85. The normalized spacial score (nSPS) is 16.5. The first kappa shape index (κ1) is 17.8. The first-order valence-corrected chi connectivity index (χ1v) is 9.70. The molecule has 1 saturated heterocycles. The lowest BCUT2D eigenvalue weighted by molar-refractivity contribution is -0.119. The summed E-state index contributed by atoms with van der Waals surface area (Å²) in [5.41, 5.74) is 1.61. The summed E-state index contributed by atoms with van der Waals surface area (Å²) in [7, 11) is 0. The van der Waals surface area contributed by atoms with Crippen molar-refractivity contribution in [3.63, 3.8) is 0 Å². The van der Waals surface area contributed by atoms with Crippen LogP contribution < -0.4 is 5.32 Å². The fourth-order valence-corrected chi connectivity index (χ4v) is 3.81. The van der Waals surface area contributed by atoms with Crippen LogP contribution in [0.5, 0.6) is 0 Å². The lowest BCUT2D eigenvalue weighted by Crippen LogP contribution is -2.44. The minimum atomic E-state index is -0.531. The lowest BCUT2D eigenvalue weighted by Gasteiger charge is -2.22. The van der Waals surface area contributed by atoms with Gasteiger partial charge in [-0.05, 0) is 29.8 Å². The van der Waals surface area contributed by atoms with Crippen molar-refractivity contribution in [3.05, 3.63) is 64.6 Å². The zero-order chi connectivity index (χ0) is 17.6. The summed E-state index contributed by atoms with van der Waals surface area (Å²) in [6.45, 7) is 0.196. The van der Waals surface area contributed by atoms with Crippen LogP contribution in [0.1, 0.15) is 5.56 Å². The van der Waals surface area contributed by atoms with Gasteiger partial charge in [0, 0.05) is 15.9 Å². The molecule has 0 unspecified atom stereocenters. The molecular formula is C18H17BrN2O3S. The standard InChI is InChI=1S/C18H17BrN2O3S/c19-14-6-8-15(9-7-14)20-17(22)16-11-25-12-21(16)18(23)24-10-13-4-2-1-3-5-13/h1-9,16H,10-12H2,(H,20,22)/t16-/m0/s1. The van der Waals surface area contributed by atoms with Crippen LogP contribution in [0.4, 0.5) is 10.5 Å². The average molecular weight is 421 g/mol. The molecule has 7 heteroatoms. The SMILES string of the molecule is O=C(Nc1ccc(Br)cc1)[C@@H]1CSCN1C(=O)OCc1ccccc1. The molecule has 3 rings (SSSR count). The maximum atomic E-state index is 12.5. The van der Waals surface area contributed by atoms with Gasteiger partial charge in [0.25, 0.3) is 0 Å². The third-order valence-corrected chi connectivity index (χ3v) is 5.28. The fraction of sp³-hybridized carbons (Fsp3) is 0.222. The van der Waals surface area contributed by atoms with Gasteiger partial charge < -0.3 is 10.1 Å². The van der Waals surface area contributed by atoms with E-state index in [0.29, 0.717) is 17.3 Å². The van der Waals surface area contributed by atoms with Crippen molar-refractivity contribution in [3.8, 4) is 0 Å². The third kappa shape index (κ3) is 4.76. The number of anilines is 1. The molecule has 0 saturated carbocycles. The van der Waals surface area contributed by atoms with Crippen molar-refractivity contribution >= 4 is 45.4 Å². The van der Waals surface area contributed by atoms with E-state index < -0.39 is 12.1 Å². The quantitative estimate of drug-likeness (QED) is 0.808. The van der Waals surface area contributed by atoms with Gasteiger partial charge in [0.05, 0.1) is 5.88 Å². The minimum absolute atomic E-state index is 0.196. The van der Waals surface area contributed by atoms with Gasteiger partial charge in [-0.15, -0.1) is 11.8 Å². The molecule has 0 bridgehead atoms. The predicted octanol–water partition coefficient (Wildman–Crippen LogP) is 4.10. The number of hydrogen-bond acceptors (Lipinski definition) is 4. The van der Waals surface area contributed by atoms with Crippen LogP contribution in [0.25, 0.3) is 0 Å². The Labute approximate surface area is 158 Å². The molecule has 130 valence electrons. The van der Waals surface area contributed by atoms with E-state index in [-0.39, 0.29) is 12.5 Å². The molecule has 5 nitrogen and oxygen atoms in total. The Morgan fingerprint density at radius 2 is 1.88 bits per heavy atom. The van der Waals surface area contributed by atoms with Gasteiger partial charge >= 0.3 is 6.09 Å². The van der Waals surface area contributed by atoms with Gasteiger partial charge in [0.1, 0.15) is 12.6 Å². The van der Waals surface area contributed by atoms with Crippen molar-refractivity contribution in [2.45, 2.75) is 12.6 Å². The summed E-state index contributed by atoms with van der Waals surface area (Å²) >= 11 is 4.90. The Hall–Kier alpha value is -1.99. The summed E-state index contributed by atoms with van der Waals surface area (Å²) in [4.78, 5) is 26.3.